The number of nitrogens with zero attached hydrogens (tertiary/aromatic N) is 2. The van der Waals surface area contributed by atoms with Gasteiger partial charge in [-0.1, -0.05) is 19.1 Å². The second-order valence-corrected chi connectivity index (χ2v) is 5.81. The summed E-state index contributed by atoms with van der Waals surface area (Å²) in [5.74, 6) is 0.0118. The highest BCUT2D eigenvalue weighted by atomic mass is 16.6. The van der Waals surface area contributed by atoms with Crippen molar-refractivity contribution in [1.82, 2.24) is 5.43 Å². The summed E-state index contributed by atoms with van der Waals surface area (Å²) in [5, 5.41) is 24.4. The number of nitrogens with one attached hydrogen (secondary N) is 1. The Kier molecular flexibility index (Phi) is 7.32. The number of hydrogen-bond acceptors (Lipinski definition) is 7. The normalized spacial score (nSPS) is 10.6. The summed E-state index contributed by atoms with van der Waals surface area (Å²) in [6.45, 7) is 2.21. The number of benzene rings is 2. The molecule has 0 radical (unpaired) electrons. The van der Waals surface area contributed by atoms with Gasteiger partial charge in [0.1, 0.15) is 5.75 Å². The van der Waals surface area contributed by atoms with Gasteiger partial charge in [-0.2, -0.15) is 5.10 Å². The van der Waals surface area contributed by atoms with E-state index < -0.39 is 4.92 Å². The van der Waals surface area contributed by atoms with Crippen molar-refractivity contribution in [2.24, 2.45) is 5.10 Å². The van der Waals surface area contributed by atoms with Gasteiger partial charge >= 0.3 is 5.69 Å². The highest BCUT2D eigenvalue weighted by molar-refractivity contribution is 5.85. The number of carbonyl (C=O) groups excluding carboxylic acids is 1. The molecule has 0 fully saturated rings. The minimum atomic E-state index is -0.561. The molecule has 9 heteroatoms. The molecule has 2 N–H and O–H groups in total. The molecule has 0 heterocycles. The highest BCUT2D eigenvalue weighted by Crippen LogP contribution is 2.38. The van der Waals surface area contributed by atoms with Gasteiger partial charge in [-0.3, -0.25) is 14.9 Å². The molecule has 0 atom stereocenters. The summed E-state index contributed by atoms with van der Waals surface area (Å²) in [4.78, 5) is 22.7. The first kappa shape index (κ1) is 20.7. The number of hydrogen-bond donors (Lipinski definition) is 2. The Balaban J connectivity index is 2.11. The van der Waals surface area contributed by atoms with Crippen LogP contribution in [0, 0.1) is 10.1 Å². The molecule has 148 valence electrons. The van der Waals surface area contributed by atoms with E-state index in [0.717, 1.165) is 0 Å². The summed E-state index contributed by atoms with van der Waals surface area (Å²) in [5.41, 5.74) is 3.19. The Hall–Kier alpha value is -3.62. The van der Waals surface area contributed by atoms with Crippen LogP contribution < -0.4 is 14.9 Å². The van der Waals surface area contributed by atoms with Gasteiger partial charge in [0.05, 0.1) is 31.3 Å². The second kappa shape index (κ2) is 9.91. The average Bonchev–Trinajstić information content (AvgIpc) is 2.67. The van der Waals surface area contributed by atoms with Gasteiger partial charge in [-0.15, -0.1) is 0 Å². The van der Waals surface area contributed by atoms with Crippen LogP contribution in [0.15, 0.2) is 41.5 Å². The van der Waals surface area contributed by atoms with Crippen molar-refractivity contribution in [2.75, 3.05) is 13.7 Å². The molecule has 0 aliphatic heterocycles. The maximum atomic E-state index is 11.9. The zero-order chi connectivity index (χ0) is 20.5. The number of phenols is 1. The number of nitro groups is 1. The number of aromatic hydroxyl groups is 1. The smallest absolute Gasteiger partial charge is 0.315 e. The van der Waals surface area contributed by atoms with Crippen molar-refractivity contribution in [3.63, 3.8) is 0 Å². The SMILES string of the molecule is CCCOc1c(OC)cc(/C=N\NC(=O)Cc2ccc(O)cc2)cc1[N+](=O)[O-]. The fourth-order valence-corrected chi connectivity index (χ4v) is 2.34. The molecule has 0 saturated heterocycles. The molecular formula is C19H21N3O6. The lowest BCUT2D eigenvalue weighted by molar-refractivity contribution is -0.386. The van der Waals surface area contributed by atoms with E-state index in [9.17, 15) is 20.0 Å². The number of nitro benzene ring substituents is 1. The molecule has 2 rings (SSSR count). The molecule has 1 amide bonds. The highest BCUT2D eigenvalue weighted by Gasteiger charge is 2.21. The summed E-state index contributed by atoms with van der Waals surface area (Å²) >= 11 is 0. The molecule has 0 bridgehead atoms. The minimum Gasteiger partial charge on any atom is -0.508 e. The number of phenolic OH excluding ortho intramolecular Hbond substituents is 1. The Bertz CT molecular complexity index is 865. The first-order valence-electron chi connectivity index (χ1n) is 8.53. The van der Waals surface area contributed by atoms with Crippen molar-refractivity contribution >= 4 is 17.8 Å². The van der Waals surface area contributed by atoms with Crippen molar-refractivity contribution in [2.45, 2.75) is 19.8 Å². The number of rotatable bonds is 9. The van der Waals surface area contributed by atoms with E-state index in [1.165, 1.54) is 37.6 Å². The molecule has 0 spiro atoms. The minimum absolute atomic E-state index is 0.0582. The third-order valence-electron chi connectivity index (χ3n) is 3.63. The lowest BCUT2D eigenvalue weighted by atomic mass is 10.1. The Morgan fingerprint density at radius 1 is 1.32 bits per heavy atom. The third-order valence-corrected chi connectivity index (χ3v) is 3.63. The molecule has 0 aliphatic rings. The topological polar surface area (TPSA) is 123 Å². The molecule has 9 nitrogen and oxygen atoms in total. The molecular weight excluding hydrogens is 366 g/mol. The quantitative estimate of drug-likeness (QED) is 0.387. The molecule has 28 heavy (non-hydrogen) atoms. The Morgan fingerprint density at radius 2 is 2.04 bits per heavy atom. The lowest BCUT2D eigenvalue weighted by Crippen LogP contribution is -2.19. The van der Waals surface area contributed by atoms with E-state index in [1.54, 1.807) is 12.1 Å². The first-order valence-corrected chi connectivity index (χ1v) is 8.53. The first-order chi connectivity index (χ1) is 13.4. The van der Waals surface area contributed by atoms with Crippen LogP contribution in [0.2, 0.25) is 0 Å². The van der Waals surface area contributed by atoms with Crippen molar-refractivity contribution in [1.29, 1.82) is 0 Å². The zero-order valence-electron chi connectivity index (χ0n) is 15.5. The van der Waals surface area contributed by atoms with Crippen LogP contribution >= 0.6 is 0 Å². The summed E-state index contributed by atoms with van der Waals surface area (Å²) in [7, 11) is 1.39. The monoisotopic (exact) mass is 387 g/mol. The summed E-state index contributed by atoms with van der Waals surface area (Å²) in [6, 6.07) is 9.05. The van der Waals surface area contributed by atoms with Gasteiger partial charge in [0, 0.05) is 11.6 Å². The Labute approximate surface area is 161 Å². The van der Waals surface area contributed by atoms with E-state index >= 15 is 0 Å². The van der Waals surface area contributed by atoms with Crippen LogP contribution in [-0.2, 0) is 11.2 Å². The molecule has 2 aromatic carbocycles. The van der Waals surface area contributed by atoms with Crippen molar-refractivity contribution in [3.05, 3.63) is 57.6 Å². The van der Waals surface area contributed by atoms with E-state index in [0.29, 0.717) is 24.2 Å². The van der Waals surface area contributed by atoms with Gasteiger partial charge in [0.25, 0.3) is 0 Å². The predicted octanol–water partition coefficient (Wildman–Crippen LogP) is 2.79. The summed E-state index contributed by atoms with van der Waals surface area (Å²) < 4.78 is 10.6. The number of methoxy groups -OCH3 is 1. The molecule has 2 aromatic rings. The van der Waals surface area contributed by atoms with Crippen LogP contribution in [-0.4, -0.2) is 35.9 Å². The molecule has 0 aliphatic carbocycles. The maximum absolute atomic E-state index is 11.9. The number of hydrazone groups is 1. The van der Waals surface area contributed by atoms with Gasteiger partial charge in [0.15, 0.2) is 5.75 Å². The van der Waals surface area contributed by atoms with Crippen LogP contribution in [0.4, 0.5) is 5.69 Å². The largest absolute Gasteiger partial charge is 0.508 e. The fraction of sp³-hybridized carbons (Fsp3) is 0.263. The number of ether oxygens (including phenoxy) is 2. The van der Waals surface area contributed by atoms with E-state index in [2.05, 4.69) is 10.5 Å². The molecule has 0 aromatic heterocycles. The van der Waals surface area contributed by atoms with E-state index in [1.807, 2.05) is 6.92 Å². The zero-order valence-corrected chi connectivity index (χ0v) is 15.5. The lowest BCUT2D eigenvalue weighted by Gasteiger charge is -2.11. The van der Waals surface area contributed by atoms with Crippen LogP contribution in [0.5, 0.6) is 17.2 Å². The maximum Gasteiger partial charge on any atom is 0.315 e. The van der Waals surface area contributed by atoms with Gasteiger partial charge in [-0.25, -0.2) is 5.43 Å². The molecule has 0 saturated carbocycles. The third kappa shape index (κ3) is 5.70. The summed E-state index contributed by atoms with van der Waals surface area (Å²) in [6.07, 6.45) is 2.05. The predicted molar refractivity (Wildman–Crippen MR) is 103 cm³/mol. The second-order valence-electron chi connectivity index (χ2n) is 5.81. The number of carbonyl (C=O) groups is 1. The van der Waals surface area contributed by atoms with E-state index in [4.69, 9.17) is 9.47 Å². The van der Waals surface area contributed by atoms with Crippen molar-refractivity contribution < 1.29 is 24.3 Å². The molecule has 0 unspecified atom stereocenters. The van der Waals surface area contributed by atoms with Crippen LogP contribution in [0.25, 0.3) is 0 Å². The van der Waals surface area contributed by atoms with Crippen molar-refractivity contribution in [3.8, 4) is 17.2 Å². The standard InChI is InChI=1S/C19H21N3O6/c1-3-8-28-19-16(22(25)26)9-14(10-17(19)27-2)12-20-21-18(24)11-13-4-6-15(23)7-5-13/h4-7,9-10,12,23H,3,8,11H2,1-2H3,(H,21,24)/b20-12-. The average molecular weight is 387 g/mol. The van der Waals surface area contributed by atoms with Crippen LogP contribution in [0.3, 0.4) is 0 Å². The van der Waals surface area contributed by atoms with Gasteiger partial charge in [-0.05, 0) is 30.2 Å². The van der Waals surface area contributed by atoms with Gasteiger partial charge in [0.2, 0.25) is 11.7 Å². The van der Waals surface area contributed by atoms with Gasteiger partial charge < -0.3 is 14.6 Å². The van der Waals surface area contributed by atoms with E-state index in [-0.39, 0.29) is 35.3 Å². The Morgan fingerprint density at radius 3 is 2.64 bits per heavy atom. The number of amides is 1. The van der Waals surface area contributed by atoms with Crippen LogP contribution in [0.1, 0.15) is 24.5 Å². The fourth-order valence-electron chi connectivity index (χ4n) is 2.34.